The van der Waals surface area contributed by atoms with Gasteiger partial charge in [-0.05, 0) is 29.8 Å². The molecule has 0 saturated heterocycles. The Labute approximate surface area is 210 Å². The van der Waals surface area contributed by atoms with Crippen molar-refractivity contribution in [2.45, 2.75) is 6.54 Å². The molecule has 0 aliphatic rings. The zero-order valence-corrected chi connectivity index (χ0v) is 19.7. The van der Waals surface area contributed by atoms with Gasteiger partial charge in [-0.15, -0.1) is 0 Å². The molecule has 0 atom stereocenters. The number of nitro benzene ring substituents is 1. The van der Waals surface area contributed by atoms with Crippen LogP contribution in [-0.2, 0) is 6.54 Å². The van der Waals surface area contributed by atoms with Gasteiger partial charge in [-0.1, -0.05) is 36.4 Å². The van der Waals surface area contributed by atoms with E-state index in [2.05, 4.69) is 20.4 Å². The molecule has 0 aliphatic carbocycles. The number of carbonyl (C=O) groups excluding carboxylic acids is 1. The first-order chi connectivity index (χ1) is 17.9. The van der Waals surface area contributed by atoms with E-state index in [4.69, 9.17) is 10.5 Å². The van der Waals surface area contributed by atoms with Gasteiger partial charge < -0.3 is 15.8 Å². The number of nitrogen functional groups attached to an aromatic ring is 1. The van der Waals surface area contributed by atoms with Crippen LogP contribution in [0.3, 0.4) is 0 Å². The summed E-state index contributed by atoms with van der Waals surface area (Å²) in [4.78, 5) is 33.2. The van der Waals surface area contributed by atoms with Crippen LogP contribution in [0.15, 0.2) is 77.9 Å². The lowest BCUT2D eigenvalue weighted by Crippen LogP contribution is -2.23. The van der Waals surface area contributed by atoms with E-state index in [-0.39, 0.29) is 29.3 Å². The fourth-order valence-electron chi connectivity index (χ4n) is 3.85. The number of para-hydroxylation sites is 2. The van der Waals surface area contributed by atoms with Gasteiger partial charge in [0.1, 0.15) is 22.6 Å². The van der Waals surface area contributed by atoms with E-state index in [0.29, 0.717) is 27.9 Å². The Hall–Kier alpha value is -5.32. The summed E-state index contributed by atoms with van der Waals surface area (Å²) in [5.41, 5.74) is 9.61. The van der Waals surface area contributed by atoms with E-state index in [1.807, 2.05) is 36.4 Å². The molecule has 0 saturated carbocycles. The average Bonchev–Trinajstić information content (AvgIpc) is 3.19. The van der Waals surface area contributed by atoms with Gasteiger partial charge in [0, 0.05) is 24.2 Å². The largest absolute Gasteiger partial charge is 0.497 e. The Bertz CT molecular complexity index is 1680. The second-order valence-electron chi connectivity index (χ2n) is 8.08. The summed E-state index contributed by atoms with van der Waals surface area (Å²) in [5.74, 6) is 0.317. The molecule has 0 radical (unpaired) electrons. The number of hydrogen-bond acceptors (Lipinski definition) is 8. The number of fused-ring (bicyclic) bond motifs is 2. The number of methoxy groups -OCH3 is 1. The van der Waals surface area contributed by atoms with Gasteiger partial charge in [0.15, 0.2) is 5.65 Å². The van der Waals surface area contributed by atoms with Crippen molar-refractivity contribution in [3.8, 4) is 5.75 Å². The summed E-state index contributed by atoms with van der Waals surface area (Å²) in [6, 6.07) is 20.6. The topological polar surface area (TPSA) is 151 Å². The number of nitrogens with zero attached hydrogens (tertiary/aromatic N) is 5. The van der Waals surface area contributed by atoms with E-state index in [0.717, 1.165) is 5.56 Å². The van der Waals surface area contributed by atoms with Crippen LogP contribution >= 0.6 is 0 Å². The lowest BCUT2D eigenvalue weighted by molar-refractivity contribution is -0.384. The quantitative estimate of drug-likeness (QED) is 0.197. The number of non-ortho nitro benzene ring substituents is 1. The zero-order chi connectivity index (χ0) is 25.9. The van der Waals surface area contributed by atoms with Crippen molar-refractivity contribution in [3.05, 3.63) is 99.6 Å². The number of nitrogens with two attached hydrogens (primary N) is 1. The van der Waals surface area contributed by atoms with E-state index in [1.54, 1.807) is 31.4 Å². The first-order valence-electron chi connectivity index (χ1n) is 11.2. The van der Waals surface area contributed by atoms with Gasteiger partial charge in [0.25, 0.3) is 11.6 Å². The fraction of sp³-hybridized carbons (Fsp3) is 0.0769. The normalized spacial score (nSPS) is 11.3. The molecular weight excluding hydrogens is 474 g/mol. The van der Waals surface area contributed by atoms with Crippen LogP contribution in [0, 0.1) is 10.1 Å². The Morgan fingerprint density at radius 2 is 1.84 bits per heavy atom. The number of nitro groups is 1. The SMILES string of the molecule is COc1ccc(CNC(=O)c2c(N)n(N=Cc3cccc([N+](=O)[O-])c3)c3nc4ccccc4nc23)cc1. The molecule has 184 valence electrons. The monoisotopic (exact) mass is 495 g/mol. The van der Waals surface area contributed by atoms with Crippen LogP contribution in [0.4, 0.5) is 11.5 Å². The highest BCUT2D eigenvalue weighted by Crippen LogP contribution is 2.28. The first-order valence-corrected chi connectivity index (χ1v) is 11.2. The number of nitrogens with one attached hydrogen (secondary N) is 1. The number of anilines is 1. The molecule has 3 aromatic carbocycles. The maximum absolute atomic E-state index is 13.3. The Balaban J connectivity index is 1.55. The summed E-state index contributed by atoms with van der Waals surface area (Å²) in [6.45, 7) is 0.257. The van der Waals surface area contributed by atoms with E-state index in [9.17, 15) is 14.9 Å². The van der Waals surface area contributed by atoms with Crippen molar-refractivity contribution in [1.29, 1.82) is 0 Å². The fourth-order valence-corrected chi connectivity index (χ4v) is 3.85. The number of rotatable bonds is 7. The molecule has 2 heterocycles. The third kappa shape index (κ3) is 4.65. The Morgan fingerprint density at radius 3 is 2.54 bits per heavy atom. The van der Waals surface area contributed by atoms with Crippen LogP contribution < -0.4 is 15.8 Å². The first kappa shape index (κ1) is 23.4. The van der Waals surface area contributed by atoms with Crippen molar-refractivity contribution in [3.63, 3.8) is 0 Å². The highest BCUT2D eigenvalue weighted by molar-refractivity contribution is 6.10. The third-order valence-corrected chi connectivity index (χ3v) is 5.72. The lowest BCUT2D eigenvalue weighted by Gasteiger charge is -2.06. The summed E-state index contributed by atoms with van der Waals surface area (Å²) >= 11 is 0. The number of carbonyl (C=O) groups is 1. The van der Waals surface area contributed by atoms with Gasteiger partial charge in [-0.2, -0.15) is 9.78 Å². The van der Waals surface area contributed by atoms with Crippen LogP contribution in [0.5, 0.6) is 5.75 Å². The summed E-state index contributed by atoms with van der Waals surface area (Å²) < 4.78 is 6.49. The summed E-state index contributed by atoms with van der Waals surface area (Å²) in [6.07, 6.45) is 1.42. The van der Waals surface area contributed by atoms with Crippen molar-refractivity contribution in [1.82, 2.24) is 20.0 Å². The number of amides is 1. The maximum atomic E-state index is 13.3. The van der Waals surface area contributed by atoms with Gasteiger partial charge in [-0.3, -0.25) is 14.9 Å². The number of aromatic nitrogens is 3. The van der Waals surface area contributed by atoms with Crippen LogP contribution in [0.25, 0.3) is 22.2 Å². The smallest absolute Gasteiger partial charge is 0.270 e. The molecule has 11 nitrogen and oxygen atoms in total. The lowest BCUT2D eigenvalue weighted by atomic mass is 10.2. The molecule has 5 rings (SSSR count). The van der Waals surface area contributed by atoms with Gasteiger partial charge in [-0.25, -0.2) is 9.97 Å². The molecule has 2 aromatic heterocycles. The van der Waals surface area contributed by atoms with Crippen molar-refractivity contribution in [2.75, 3.05) is 12.8 Å². The minimum atomic E-state index is -0.486. The second-order valence-corrected chi connectivity index (χ2v) is 8.08. The van der Waals surface area contributed by atoms with Crippen molar-refractivity contribution < 1.29 is 14.5 Å². The predicted octanol–water partition coefficient (Wildman–Crippen LogP) is 3.90. The van der Waals surface area contributed by atoms with Crippen LogP contribution in [-0.4, -0.2) is 38.8 Å². The van der Waals surface area contributed by atoms with E-state index < -0.39 is 10.8 Å². The van der Waals surface area contributed by atoms with Crippen LogP contribution in [0.2, 0.25) is 0 Å². The molecule has 5 aromatic rings. The molecule has 37 heavy (non-hydrogen) atoms. The molecule has 0 fully saturated rings. The summed E-state index contributed by atoms with van der Waals surface area (Å²) in [7, 11) is 1.58. The van der Waals surface area contributed by atoms with Gasteiger partial charge >= 0.3 is 0 Å². The molecule has 0 spiro atoms. The molecule has 1 amide bonds. The van der Waals surface area contributed by atoms with Gasteiger partial charge in [0.05, 0.1) is 29.3 Å². The molecule has 0 bridgehead atoms. The number of ether oxygens (including phenoxy) is 1. The zero-order valence-electron chi connectivity index (χ0n) is 19.7. The van der Waals surface area contributed by atoms with Crippen LogP contribution in [0.1, 0.15) is 21.5 Å². The molecular formula is C26H21N7O4. The minimum absolute atomic E-state index is 0.0409. The molecule has 0 aliphatic heterocycles. The van der Waals surface area contributed by atoms with Gasteiger partial charge in [0.2, 0.25) is 0 Å². The maximum Gasteiger partial charge on any atom is 0.270 e. The third-order valence-electron chi connectivity index (χ3n) is 5.72. The minimum Gasteiger partial charge on any atom is -0.497 e. The Morgan fingerprint density at radius 1 is 1.11 bits per heavy atom. The second kappa shape index (κ2) is 9.74. The highest BCUT2D eigenvalue weighted by Gasteiger charge is 2.24. The van der Waals surface area contributed by atoms with E-state index >= 15 is 0 Å². The average molecular weight is 495 g/mol. The molecule has 11 heteroatoms. The Kier molecular flexibility index (Phi) is 6.17. The standard InChI is InChI=1S/C26H21N7O4/c1-37-19-11-9-16(10-12-19)14-28-26(34)22-23-25(31-21-8-3-2-7-20(21)30-23)32(24(22)27)29-15-17-5-4-6-18(13-17)33(35)36/h2-13,15H,14,27H2,1H3,(H,28,34). The van der Waals surface area contributed by atoms with Crippen molar-refractivity contribution >= 4 is 45.8 Å². The highest BCUT2D eigenvalue weighted by atomic mass is 16.6. The summed E-state index contributed by atoms with van der Waals surface area (Å²) in [5, 5.41) is 18.4. The van der Waals surface area contributed by atoms with Crippen molar-refractivity contribution in [2.24, 2.45) is 5.10 Å². The number of benzene rings is 3. The van der Waals surface area contributed by atoms with E-state index in [1.165, 1.54) is 23.0 Å². The molecule has 0 unspecified atom stereocenters. The predicted molar refractivity (Wildman–Crippen MR) is 140 cm³/mol. The number of hydrogen-bond donors (Lipinski definition) is 2. The molecule has 3 N–H and O–H groups in total.